The van der Waals surface area contributed by atoms with E-state index in [0.29, 0.717) is 23.0 Å². The third-order valence-electron chi connectivity index (χ3n) is 5.08. The van der Waals surface area contributed by atoms with Gasteiger partial charge in [0.05, 0.1) is 19.8 Å². The Labute approximate surface area is 170 Å². The van der Waals surface area contributed by atoms with Crippen LogP contribution in [0.2, 0.25) is 0 Å². The molecule has 0 N–H and O–H groups in total. The summed E-state index contributed by atoms with van der Waals surface area (Å²) in [5, 5.41) is 9.76. The van der Waals surface area contributed by atoms with Gasteiger partial charge in [-0.3, -0.25) is 4.79 Å². The minimum atomic E-state index is 0.0508. The van der Waals surface area contributed by atoms with Crippen LogP contribution in [0, 0.1) is 17.2 Å². The molecule has 0 heterocycles. The number of methoxy groups -OCH3 is 2. The van der Waals surface area contributed by atoms with Crippen LogP contribution in [0.3, 0.4) is 0 Å². The van der Waals surface area contributed by atoms with Crippen LogP contribution in [0.4, 0.5) is 0 Å². The SMILES string of the molecule is COc1ccc(/C(C#N)=C(/CC(=O)C2CC2c2ccccc2)SC)cc1OC. The molecule has 0 bridgehead atoms. The molecule has 5 heteroatoms. The van der Waals surface area contributed by atoms with Gasteiger partial charge in [-0.2, -0.15) is 5.26 Å². The van der Waals surface area contributed by atoms with E-state index >= 15 is 0 Å². The lowest BCUT2D eigenvalue weighted by molar-refractivity contribution is -0.119. The van der Waals surface area contributed by atoms with E-state index in [4.69, 9.17) is 9.47 Å². The maximum Gasteiger partial charge on any atom is 0.161 e. The summed E-state index contributed by atoms with van der Waals surface area (Å²) in [5.41, 5.74) is 2.46. The molecule has 0 saturated heterocycles. The molecule has 2 atom stereocenters. The number of Topliss-reactive ketones (excluding diaryl/α,β-unsaturated/α-hetero) is 1. The zero-order valence-corrected chi connectivity index (χ0v) is 17.1. The highest BCUT2D eigenvalue weighted by Gasteiger charge is 2.43. The van der Waals surface area contributed by atoms with E-state index in [1.807, 2.05) is 30.5 Å². The van der Waals surface area contributed by atoms with Crippen molar-refractivity contribution in [2.24, 2.45) is 5.92 Å². The van der Waals surface area contributed by atoms with Crippen molar-refractivity contribution < 1.29 is 14.3 Å². The van der Waals surface area contributed by atoms with Crippen LogP contribution < -0.4 is 9.47 Å². The van der Waals surface area contributed by atoms with Gasteiger partial charge < -0.3 is 9.47 Å². The first-order valence-corrected chi connectivity index (χ1v) is 10.3. The highest BCUT2D eigenvalue weighted by molar-refractivity contribution is 8.02. The molecule has 2 aromatic carbocycles. The molecule has 0 aliphatic heterocycles. The molecule has 0 aromatic heterocycles. The second-order valence-electron chi connectivity index (χ2n) is 6.69. The van der Waals surface area contributed by atoms with Crippen LogP contribution in [0.25, 0.3) is 5.57 Å². The Kier molecular flexibility index (Phi) is 6.43. The number of allylic oxidation sites excluding steroid dienone is 2. The van der Waals surface area contributed by atoms with Gasteiger partial charge in [0.25, 0.3) is 0 Å². The molecule has 2 unspecified atom stereocenters. The molecule has 1 aliphatic rings. The fourth-order valence-corrected chi connectivity index (χ4v) is 4.11. The van der Waals surface area contributed by atoms with E-state index in [9.17, 15) is 10.1 Å². The number of ketones is 1. The van der Waals surface area contributed by atoms with Crippen molar-refractivity contribution in [3.63, 3.8) is 0 Å². The maximum absolute atomic E-state index is 12.8. The zero-order chi connectivity index (χ0) is 20.1. The molecule has 28 heavy (non-hydrogen) atoms. The molecule has 1 saturated carbocycles. The zero-order valence-electron chi connectivity index (χ0n) is 16.3. The molecule has 0 radical (unpaired) electrons. The van der Waals surface area contributed by atoms with E-state index in [2.05, 4.69) is 18.2 Å². The predicted molar refractivity (Wildman–Crippen MR) is 113 cm³/mol. The van der Waals surface area contributed by atoms with Crippen molar-refractivity contribution in [2.75, 3.05) is 20.5 Å². The molecule has 4 nitrogen and oxygen atoms in total. The van der Waals surface area contributed by atoms with Gasteiger partial charge in [0.1, 0.15) is 11.9 Å². The third-order valence-corrected chi connectivity index (χ3v) is 5.92. The highest BCUT2D eigenvalue weighted by atomic mass is 32.2. The number of ether oxygens (including phenoxy) is 2. The Morgan fingerprint density at radius 1 is 1.14 bits per heavy atom. The Bertz CT molecular complexity index is 931. The van der Waals surface area contributed by atoms with Crippen molar-refractivity contribution >= 4 is 23.1 Å². The Balaban J connectivity index is 1.81. The van der Waals surface area contributed by atoms with E-state index in [1.54, 1.807) is 26.4 Å². The molecule has 0 spiro atoms. The first-order valence-electron chi connectivity index (χ1n) is 9.10. The van der Waals surface area contributed by atoms with Gasteiger partial charge >= 0.3 is 0 Å². The van der Waals surface area contributed by atoms with Crippen LogP contribution in [0.5, 0.6) is 11.5 Å². The second kappa shape index (κ2) is 8.99. The molecule has 1 fully saturated rings. The summed E-state index contributed by atoms with van der Waals surface area (Å²) in [4.78, 5) is 13.6. The van der Waals surface area contributed by atoms with Gasteiger partial charge in [-0.1, -0.05) is 30.3 Å². The highest BCUT2D eigenvalue weighted by Crippen LogP contribution is 2.49. The van der Waals surface area contributed by atoms with Crippen molar-refractivity contribution in [1.82, 2.24) is 0 Å². The summed E-state index contributed by atoms with van der Waals surface area (Å²) >= 11 is 1.46. The fourth-order valence-electron chi connectivity index (χ4n) is 3.45. The number of hydrogen-bond donors (Lipinski definition) is 0. The molecule has 2 aromatic rings. The lowest BCUT2D eigenvalue weighted by atomic mass is 10.0. The average molecular weight is 394 g/mol. The van der Waals surface area contributed by atoms with Gasteiger partial charge in [0, 0.05) is 17.2 Å². The smallest absolute Gasteiger partial charge is 0.161 e. The van der Waals surface area contributed by atoms with Gasteiger partial charge in [0.15, 0.2) is 11.5 Å². The van der Waals surface area contributed by atoms with Crippen LogP contribution in [-0.2, 0) is 4.79 Å². The van der Waals surface area contributed by atoms with Gasteiger partial charge in [-0.15, -0.1) is 11.8 Å². The summed E-state index contributed by atoms with van der Waals surface area (Å²) in [5.74, 6) is 1.73. The monoisotopic (exact) mass is 393 g/mol. The van der Waals surface area contributed by atoms with E-state index < -0.39 is 0 Å². The number of nitriles is 1. The van der Waals surface area contributed by atoms with Crippen LogP contribution >= 0.6 is 11.8 Å². The fraction of sp³-hybridized carbons (Fsp3) is 0.304. The average Bonchev–Trinajstić information content (AvgIpc) is 3.55. The molecular formula is C23H23NO3S. The summed E-state index contributed by atoms with van der Waals surface area (Å²) in [6.45, 7) is 0. The largest absolute Gasteiger partial charge is 0.493 e. The summed E-state index contributed by atoms with van der Waals surface area (Å²) in [6, 6.07) is 17.8. The van der Waals surface area contributed by atoms with Crippen molar-refractivity contribution in [3.05, 3.63) is 64.6 Å². The van der Waals surface area contributed by atoms with E-state index in [0.717, 1.165) is 16.9 Å². The molecule has 144 valence electrons. The third kappa shape index (κ3) is 4.23. The summed E-state index contributed by atoms with van der Waals surface area (Å²) in [6.07, 6.45) is 3.08. The lowest BCUT2D eigenvalue weighted by Gasteiger charge is -2.12. The Hall–Kier alpha value is -2.71. The first-order chi connectivity index (χ1) is 13.6. The van der Waals surface area contributed by atoms with E-state index in [-0.39, 0.29) is 18.1 Å². The number of nitrogens with zero attached hydrogens (tertiary/aromatic N) is 1. The topological polar surface area (TPSA) is 59.3 Å². The standard InChI is InChI=1S/C23H23NO3S/c1-26-21-10-9-16(11-22(21)27-2)19(14-24)23(28-3)13-20(25)18-12-17(18)15-7-5-4-6-8-15/h4-11,17-18H,12-13H2,1-3H3/b23-19-. The van der Waals surface area contributed by atoms with Gasteiger partial charge in [0.2, 0.25) is 0 Å². The number of hydrogen-bond acceptors (Lipinski definition) is 5. The Morgan fingerprint density at radius 3 is 2.46 bits per heavy atom. The number of thioether (sulfide) groups is 1. The first kappa shape index (κ1) is 20.0. The van der Waals surface area contributed by atoms with Crippen LogP contribution in [-0.4, -0.2) is 26.3 Å². The Morgan fingerprint density at radius 2 is 1.86 bits per heavy atom. The van der Waals surface area contributed by atoms with Crippen molar-refractivity contribution in [3.8, 4) is 17.6 Å². The maximum atomic E-state index is 12.8. The summed E-state index contributed by atoms with van der Waals surface area (Å²) in [7, 11) is 3.14. The van der Waals surface area contributed by atoms with Crippen molar-refractivity contribution in [1.29, 1.82) is 5.26 Å². The van der Waals surface area contributed by atoms with Crippen molar-refractivity contribution in [2.45, 2.75) is 18.8 Å². The quantitative estimate of drug-likeness (QED) is 0.587. The number of rotatable bonds is 8. The normalized spacial score (nSPS) is 18.6. The van der Waals surface area contributed by atoms with Crippen LogP contribution in [0.15, 0.2) is 53.4 Å². The van der Waals surface area contributed by atoms with E-state index in [1.165, 1.54) is 17.3 Å². The predicted octanol–water partition coefficient (Wildman–Crippen LogP) is 5.06. The minimum absolute atomic E-state index is 0.0508. The van der Waals surface area contributed by atoms with Gasteiger partial charge in [-0.05, 0) is 47.9 Å². The lowest BCUT2D eigenvalue weighted by Crippen LogP contribution is -2.04. The van der Waals surface area contributed by atoms with Crippen LogP contribution in [0.1, 0.15) is 29.9 Å². The number of carbonyl (C=O) groups excluding carboxylic acids is 1. The summed E-state index contributed by atoms with van der Waals surface area (Å²) < 4.78 is 10.6. The minimum Gasteiger partial charge on any atom is -0.493 e. The van der Waals surface area contributed by atoms with Gasteiger partial charge in [-0.25, -0.2) is 0 Å². The molecule has 0 amide bonds. The number of carbonyl (C=O) groups is 1. The number of benzene rings is 2. The molecule has 1 aliphatic carbocycles. The molecular weight excluding hydrogens is 370 g/mol. The second-order valence-corrected chi connectivity index (χ2v) is 7.59. The molecule has 3 rings (SSSR count).